The van der Waals surface area contributed by atoms with E-state index in [-0.39, 0.29) is 34.8 Å². The molecule has 0 aliphatic carbocycles. The molecule has 0 spiro atoms. The van der Waals surface area contributed by atoms with E-state index in [1.54, 1.807) is 25.1 Å². The number of sulfonamides is 1. The summed E-state index contributed by atoms with van der Waals surface area (Å²) in [5, 5.41) is 0.459. The number of hydrogen-bond acceptors (Lipinski definition) is 4. The number of piperidine rings is 1. The highest BCUT2D eigenvalue weighted by atomic mass is 35.5. The number of hydrogen-bond donors (Lipinski definition) is 0. The van der Waals surface area contributed by atoms with Gasteiger partial charge in [-0.3, -0.25) is 4.79 Å². The van der Waals surface area contributed by atoms with Crippen LogP contribution in [0.15, 0.2) is 23.1 Å². The van der Waals surface area contributed by atoms with Gasteiger partial charge in [0.15, 0.2) is 0 Å². The second-order valence-electron chi connectivity index (χ2n) is 6.36. The Labute approximate surface area is 165 Å². The summed E-state index contributed by atoms with van der Waals surface area (Å²) in [6.07, 6.45) is 1.76. The van der Waals surface area contributed by atoms with Crippen molar-refractivity contribution in [2.75, 3.05) is 40.4 Å². The van der Waals surface area contributed by atoms with Gasteiger partial charge in [-0.25, -0.2) is 8.42 Å². The van der Waals surface area contributed by atoms with E-state index < -0.39 is 10.0 Å². The zero-order valence-electron chi connectivity index (χ0n) is 15.0. The summed E-state index contributed by atoms with van der Waals surface area (Å²) in [4.78, 5) is 14.2. The van der Waals surface area contributed by atoms with Crippen LogP contribution in [0.3, 0.4) is 0 Å². The van der Waals surface area contributed by atoms with Gasteiger partial charge in [0.1, 0.15) is 4.90 Å². The quantitative estimate of drug-likeness (QED) is 0.633. The van der Waals surface area contributed by atoms with Crippen molar-refractivity contribution in [3.8, 4) is 0 Å². The average molecular weight is 423 g/mol. The van der Waals surface area contributed by atoms with E-state index in [4.69, 9.17) is 27.9 Å². The molecular formula is C17H24Cl2N2O4S. The molecule has 1 fully saturated rings. The van der Waals surface area contributed by atoms with E-state index in [1.807, 2.05) is 0 Å². The van der Waals surface area contributed by atoms with Gasteiger partial charge < -0.3 is 9.64 Å². The molecule has 0 N–H and O–H groups in total. The second-order valence-corrected chi connectivity index (χ2v) is 9.11. The van der Waals surface area contributed by atoms with E-state index >= 15 is 0 Å². The maximum absolute atomic E-state index is 12.8. The Kier molecular flexibility index (Phi) is 7.73. The summed E-state index contributed by atoms with van der Waals surface area (Å²) in [6.45, 7) is 1.80. The van der Waals surface area contributed by atoms with Crippen LogP contribution in [0.25, 0.3) is 0 Å². The van der Waals surface area contributed by atoms with Crippen molar-refractivity contribution in [1.82, 2.24) is 9.21 Å². The Morgan fingerprint density at radius 1 is 1.31 bits per heavy atom. The van der Waals surface area contributed by atoms with Crippen molar-refractivity contribution in [3.63, 3.8) is 0 Å². The van der Waals surface area contributed by atoms with Gasteiger partial charge in [-0.2, -0.15) is 4.31 Å². The summed E-state index contributed by atoms with van der Waals surface area (Å²) in [5.74, 6) is -0.109. The average Bonchev–Trinajstić information content (AvgIpc) is 2.63. The lowest BCUT2D eigenvalue weighted by atomic mass is 9.96. The largest absolute Gasteiger partial charge is 0.385 e. The molecule has 1 saturated heterocycles. The molecule has 146 valence electrons. The van der Waals surface area contributed by atoms with Crippen molar-refractivity contribution >= 4 is 39.1 Å². The number of carbonyl (C=O) groups excluding carboxylic acids is 1. The van der Waals surface area contributed by atoms with Gasteiger partial charge in [-0.15, -0.1) is 0 Å². The molecule has 1 heterocycles. The first-order chi connectivity index (χ1) is 12.3. The molecule has 0 bridgehead atoms. The van der Waals surface area contributed by atoms with Crippen LogP contribution in [-0.2, 0) is 19.6 Å². The number of carbonyl (C=O) groups is 1. The fourth-order valence-electron chi connectivity index (χ4n) is 3.02. The van der Waals surface area contributed by atoms with Crippen LogP contribution in [0, 0.1) is 5.92 Å². The number of benzene rings is 1. The molecule has 9 heteroatoms. The first-order valence-corrected chi connectivity index (χ1v) is 10.7. The lowest BCUT2D eigenvalue weighted by Crippen LogP contribution is -2.43. The molecular weight excluding hydrogens is 399 g/mol. The molecule has 1 aliphatic rings. The smallest absolute Gasteiger partial charge is 0.244 e. The van der Waals surface area contributed by atoms with E-state index in [1.165, 1.54) is 16.4 Å². The first-order valence-electron chi connectivity index (χ1n) is 8.46. The van der Waals surface area contributed by atoms with Crippen molar-refractivity contribution in [3.05, 3.63) is 28.2 Å². The Morgan fingerprint density at radius 2 is 1.96 bits per heavy atom. The Morgan fingerprint density at radius 3 is 2.58 bits per heavy atom. The van der Waals surface area contributed by atoms with Crippen LogP contribution < -0.4 is 0 Å². The summed E-state index contributed by atoms with van der Waals surface area (Å²) >= 11 is 12.0. The van der Waals surface area contributed by atoms with Crippen molar-refractivity contribution in [2.24, 2.45) is 5.92 Å². The highest BCUT2D eigenvalue weighted by Gasteiger charge is 2.34. The van der Waals surface area contributed by atoms with Crippen molar-refractivity contribution in [2.45, 2.75) is 24.2 Å². The molecule has 0 aromatic heterocycles. The summed E-state index contributed by atoms with van der Waals surface area (Å²) < 4.78 is 32.0. The molecule has 26 heavy (non-hydrogen) atoms. The summed E-state index contributed by atoms with van der Waals surface area (Å²) in [6, 6.07) is 4.38. The highest BCUT2D eigenvalue weighted by molar-refractivity contribution is 7.89. The molecule has 0 atom stereocenters. The number of amides is 1. The molecule has 0 saturated carbocycles. The SMILES string of the molecule is COCCCN(C)C(=O)C1CCN(S(=O)(=O)c2cc(Cl)ccc2Cl)CC1. The fourth-order valence-corrected chi connectivity index (χ4v) is 5.23. The van der Waals surface area contributed by atoms with E-state index in [9.17, 15) is 13.2 Å². The molecule has 2 rings (SSSR count). The van der Waals surface area contributed by atoms with Crippen LogP contribution in [0.2, 0.25) is 10.0 Å². The minimum atomic E-state index is -3.73. The normalized spacial score (nSPS) is 16.6. The number of methoxy groups -OCH3 is 1. The lowest BCUT2D eigenvalue weighted by molar-refractivity contribution is -0.135. The van der Waals surface area contributed by atoms with Crippen molar-refractivity contribution < 1.29 is 17.9 Å². The molecule has 1 aromatic rings. The molecule has 1 aromatic carbocycles. The number of ether oxygens (including phenoxy) is 1. The zero-order chi connectivity index (χ0) is 19.3. The van der Waals surface area contributed by atoms with Gasteiger partial charge >= 0.3 is 0 Å². The minimum Gasteiger partial charge on any atom is -0.385 e. The number of halogens is 2. The second kappa shape index (κ2) is 9.37. The van der Waals surface area contributed by atoms with Gasteiger partial charge in [0, 0.05) is 51.3 Å². The van der Waals surface area contributed by atoms with E-state index in [0.29, 0.717) is 31.0 Å². The maximum atomic E-state index is 12.8. The standard InChI is InChI=1S/C17H24Cl2N2O4S/c1-20(8-3-11-25-2)17(22)13-6-9-21(10-7-13)26(23,24)16-12-14(18)4-5-15(16)19/h4-5,12-13H,3,6-11H2,1-2H3. The summed E-state index contributed by atoms with van der Waals surface area (Å²) in [7, 11) is -0.327. The van der Waals surface area contributed by atoms with Crippen LogP contribution in [0.1, 0.15) is 19.3 Å². The summed E-state index contributed by atoms with van der Waals surface area (Å²) in [5.41, 5.74) is 0. The van der Waals surface area contributed by atoms with E-state index in [0.717, 1.165) is 6.42 Å². The van der Waals surface area contributed by atoms with Gasteiger partial charge in [0.25, 0.3) is 0 Å². The minimum absolute atomic E-state index is 0.00752. The molecule has 1 amide bonds. The zero-order valence-corrected chi connectivity index (χ0v) is 17.3. The predicted octanol–water partition coefficient (Wildman–Crippen LogP) is 2.89. The number of rotatable bonds is 7. The van der Waals surface area contributed by atoms with Crippen LogP contribution in [-0.4, -0.2) is 63.9 Å². The fraction of sp³-hybridized carbons (Fsp3) is 0.588. The monoisotopic (exact) mass is 422 g/mol. The van der Waals surface area contributed by atoms with Crippen LogP contribution in [0.4, 0.5) is 0 Å². The van der Waals surface area contributed by atoms with Gasteiger partial charge in [-0.05, 0) is 37.5 Å². The van der Waals surface area contributed by atoms with E-state index in [2.05, 4.69) is 0 Å². The van der Waals surface area contributed by atoms with Gasteiger partial charge in [0.05, 0.1) is 5.02 Å². The predicted molar refractivity (Wildman–Crippen MR) is 102 cm³/mol. The Hall–Kier alpha value is -0.860. The maximum Gasteiger partial charge on any atom is 0.244 e. The lowest BCUT2D eigenvalue weighted by Gasteiger charge is -2.32. The Bertz CT molecular complexity index is 734. The third-order valence-corrected chi connectivity index (χ3v) is 7.15. The molecule has 0 radical (unpaired) electrons. The van der Waals surface area contributed by atoms with Crippen molar-refractivity contribution in [1.29, 1.82) is 0 Å². The third-order valence-electron chi connectivity index (χ3n) is 4.53. The number of nitrogens with zero attached hydrogens (tertiary/aromatic N) is 2. The first kappa shape index (κ1) is 21.4. The van der Waals surface area contributed by atoms with Crippen LogP contribution in [0.5, 0.6) is 0 Å². The van der Waals surface area contributed by atoms with Crippen LogP contribution >= 0.6 is 23.2 Å². The molecule has 1 aliphatic heterocycles. The van der Waals surface area contributed by atoms with Gasteiger partial charge in [-0.1, -0.05) is 23.2 Å². The molecule has 0 unspecified atom stereocenters. The van der Waals surface area contributed by atoms with Gasteiger partial charge in [0.2, 0.25) is 15.9 Å². The highest BCUT2D eigenvalue weighted by Crippen LogP contribution is 2.30. The third kappa shape index (κ3) is 5.10. The molecule has 6 nitrogen and oxygen atoms in total. The Balaban J connectivity index is 1.99. The topological polar surface area (TPSA) is 66.9 Å².